The van der Waals surface area contributed by atoms with E-state index in [1.165, 1.54) is 12.8 Å². The lowest BCUT2D eigenvalue weighted by Gasteiger charge is -2.22. The van der Waals surface area contributed by atoms with Gasteiger partial charge in [-0.15, -0.1) is 0 Å². The van der Waals surface area contributed by atoms with Crippen molar-refractivity contribution in [2.45, 2.75) is 18.9 Å². The van der Waals surface area contributed by atoms with Crippen LogP contribution in [0, 0.1) is 5.92 Å². The predicted octanol–water partition coefficient (Wildman–Crippen LogP) is 1.88. The van der Waals surface area contributed by atoms with E-state index in [1.807, 2.05) is 12.1 Å². The van der Waals surface area contributed by atoms with E-state index in [2.05, 4.69) is 24.3 Å². The first-order valence-electron chi connectivity index (χ1n) is 5.68. The molecule has 0 aromatic carbocycles. The van der Waals surface area contributed by atoms with Crippen LogP contribution < -0.4 is 5.32 Å². The highest BCUT2D eigenvalue weighted by Crippen LogP contribution is 2.27. The molecule has 1 aromatic heterocycles. The predicted molar refractivity (Wildman–Crippen MR) is 60.7 cm³/mol. The largest absolute Gasteiger partial charge is 0.468 e. The van der Waals surface area contributed by atoms with Gasteiger partial charge in [0.25, 0.3) is 0 Å². The van der Waals surface area contributed by atoms with Crippen LogP contribution in [0.1, 0.15) is 24.6 Å². The van der Waals surface area contributed by atoms with E-state index in [1.54, 1.807) is 6.26 Å². The second-order valence-electron chi connectivity index (χ2n) is 4.60. The number of hydrogen-bond donors (Lipinski definition) is 1. The molecule has 0 bridgehead atoms. The van der Waals surface area contributed by atoms with E-state index < -0.39 is 0 Å². The molecule has 2 rings (SSSR count). The third kappa shape index (κ3) is 3.08. The molecule has 1 saturated carbocycles. The summed E-state index contributed by atoms with van der Waals surface area (Å²) in [7, 11) is 4.18. The minimum absolute atomic E-state index is 0.346. The Labute approximate surface area is 91.4 Å². The van der Waals surface area contributed by atoms with Crippen molar-refractivity contribution < 1.29 is 4.42 Å². The molecule has 1 heterocycles. The molecule has 0 unspecified atom stereocenters. The van der Waals surface area contributed by atoms with E-state index in [-0.39, 0.29) is 0 Å². The number of nitrogens with zero attached hydrogens (tertiary/aromatic N) is 1. The van der Waals surface area contributed by atoms with Gasteiger partial charge < -0.3 is 9.73 Å². The first kappa shape index (κ1) is 10.7. The molecule has 0 saturated heterocycles. The van der Waals surface area contributed by atoms with E-state index in [4.69, 9.17) is 4.42 Å². The highest BCUT2D eigenvalue weighted by atomic mass is 16.3. The van der Waals surface area contributed by atoms with Gasteiger partial charge in [-0.2, -0.15) is 0 Å². The summed E-state index contributed by atoms with van der Waals surface area (Å²) in [6.07, 6.45) is 4.55. The van der Waals surface area contributed by atoms with Crippen molar-refractivity contribution in [2.24, 2.45) is 5.92 Å². The van der Waals surface area contributed by atoms with Crippen LogP contribution in [0.15, 0.2) is 22.8 Å². The minimum atomic E-state index is 0.346. The van der Waals surface area contributed by atoms with Crippen molar-refractivity contribution in [3.8, 4) is 0 Å². The molecule has 84 valence electrons. The Balaban J connectivity index is 1.82. The molecular weight excluding hydrogens is 188 g/mol. The number of nitrogens with one attached hydrogen (secondary N) is 1. The third-order valence-electron chi connectivity index (χ3n) is 2.96. The molecule has 0 aliphatic heterocycles. The summed E-state index contributed by atoms with van der Waals surface area (Å²) in [5, 5.41) is 3.52. The maximum absolute atomic E-state index is 5.45. The van der Waals surface area contributed by atoms with Gasteiger partial charge in [0.1, 0.15) is 5.76 Å². The van der Waals surface area contributed by atoms with E-state index >= 15 is 0 Å². The summed E-state index contributed by atoms with van der Waals surface area (Å²) < 4.78 is 5.45. The second kappa shape index (κ2) is 4.81. The van der Waals surface area contributed by atoms with Gasteiger partial charge in [0.05, 0.1) is 12.3 Å². The summed E-state index contributed by atoms with van der Waals surface area (Å²) in [5.41, 5.74) is 0. The summed E-state index contributed by atoms with van der Waals surface area (Å²) in [6.45, 7) is 2.13. The molecule has 0 spiro atoms. The fraction of sp³-hybridized carbons (Fsp3) is 0.667. The first-order chi connectivity index (χ1) is 7.27. The van der Waals surface area contributed by atoms with Crippen LogP contribution >= 0.6 is 0 Å². The van der Waals surface area contributed by atoms with Crippen molar-refractivity contribution in [3.05, 3.63) is 24.2 Å². The molecule has 3 heteroatoms. The number of furan rings is 1. The van der Waals surface area contributed by atoms with Crippen LogP contribution in [0.3, 0.4) is 0 Å². The first-order valence-corrected chi connectivity index (χ1v) is 5.68. The highest BCUT2D eigenvalue weighted by Gasteiger charge is 2.22. The van der Waals surface area contributed by atoms with Gasteiger partial charge in [-0.1, -0.05) is 0 Å². The van der Waals surface area contributed by atoms with Gasteiger partial charge in [0.2, 0.25) is 0 Å². The van der Waals surface area contributed by atoms with Crippen LogP contribution in [0.25, 0.3) is 0 Å². The summed E-state index contributed by atoms with van der Waals surface area (Å²) in [5.74, 6) is 1.98. The van der Waals surface area contributed by atoms with Gasteiger partial charge in [0.15, 0.2) is 0 Å². The standard InChI is InChI=1S/C12H20N2O/c1-14(2)11(12-4-3-7-15-12)9-13-8-10-5-6-10/h3-4,7,10-11,13H,5-6,8-9H2,1-2H3/t11-/m0/s1. The number of likely N-dealkylation sites (N-methyl/N-ethyl adjacent to an activating group) is 1. The Bertz CT molecular complexity index is 278. The van der Waals surface area contributed by atoms with Crippen molar-refractivity contribution >= 4 is 0 Å². The maximum atomic E-state index is 5.45. The molecule has 1 aliphatic rings. The van der Waals surface area contributed by atoms with Gasteiger partial charge in [-0.05, 0) is 51.5 Å². The van der Waals surface area contributed by atoms with Gasteiger partial charge in [0, 0.05) is 6.54 Å². The Hall–Kier alpha value is -0.800. The molecule has 1 aromatic rings. The molecule has 1 N–H and O–H groups in total. The van der Waals surface area contributed by atoms with Gasteiger partial charge in [-0.3, -0.25) is 4.90 Å². The Morgan fingerprint density at radius 1 is 1.53 bits per heavy atom. The van der Waals surface area contributed by atoms with E-state index in [9.17, 15) is 0 Å². The topological polar surface area (TPSA) is 28.4 Å². The third-order valence-corrected chi connectivity index (χ3v) is 2.96. The van der Waals surface area contributed by atoms with Crippen LogP contribution in [0.2, 0.25) is 0 Å². The lowest BCUT2D eigenvalue weighted by atomic mass is 10.2. The van der Waals surface area contributed by atoms with Crippen molar-refractivity contribution in [3.63, 3.8) is 0 Å². The number of hydrogen-bond acceptors (Lipinski definition) is 3. The quantitative estimate of drug-likeness (QED) is 0.773. The SMILES string of the molecule is CN(C)[C@@H](CNCC1CC1)c1ccco1. The molecule has 0 amide bonds. The Morgan fingerprint density at radius 3 is 2.87 bits per heavy atom. The molecular formula is C12H20N2O. The van der Waals surface area contributed by atoms with Crippen LogP contribution in [-0.4, -0.2) is 32.1 Å². The second-order valence-corrected chi connectivity index (χ2v) is 4.60. The molecule has 1 aliphatic carbocycles. The molecule has 0 radical (unpaired) electrons. The molecule has 1 atom stereocenters. The van der Waals surface area contributed by atoms with Crippen molar-refractivity contribution in [1.82, 2.24) is 10.2 Å². The van der Waals surface area contributed by atoms with Crippen LogP contribution in [0.4, 0.5) is 0 Å². The molecule has 15 heavy (non-hydrogen) atoms. The molecule has 3 nitrogen and oxygen atoms in total. The monoisotopic (exact) mass is 208 g/mol. The number of rotatable bonds is 6. The maximum Gasteiger partial charge on any atom is 0.122 e. The fourth-order valence-electron chi connectivity index (χ4n) is 1.76. The average Bonchev–Trinajstić information content (AvgIpc) is 2.86. The van der Waals surface area contributed by atoms with E-state index in [0.717, 1.165) is 24.8 Å². The van der Waals surface area contributed by atoms with E-state index in [0.29, 0.717) is 6.04 Å². The minimum Gasteiger partial charge on any atom is -0.468 e. The van der Waals surface area contributed by atoms with Gasteiger partial charge in [-0.25, -0.2) is 0 Å². The summed E-state index contributed by atoms with van der Waals surface area (Å²) in [4.78, 5) is 2.19. The average molecular weight is 208 g/mol. The Kier molecular flexibility index (Phi) is 3.44. The normalized spacial score (nSPS) is 18.3. The van der Waals surface area contributed by atoms with Crippen LogP contribution in [-0.2, 0) is 0 Å². The highest BCUT2D eigenvalue weighted by molar-refractivity contribution is 5.05. The lowest BCUT2D eigenvalue weighted by molar-refractivity contribution is 0.250. The molecule has 1 fully saturated rings. The van der Waals surface area contributed by atoms with Gasteiger partial charge >= 0.3 is 0 Å². The smallest absolute Gasteiger partial charge is 0.122 e. The van der Waals surface area contributed by atoms with Crippen molar-refractivity contribution in [2.75, 3.05) is 27.2 Å². The zero-order valence-electron chi connectivity index (χ0n) is 9.57. The zero-order chi connectivity index (χ0) is 10.7. The fourth-order valence-corrected chi connectivity index (χ4v) is 1.76. The zero-order valence-corrected chi connectivity index (χ0v) is 9.57. The summed E-state index contributed by atoms with van der Waals surface area (Å²) >= 11 is 0. The van der Waals surface area contributed by atoms with Crippen molar-refractivity contribution in [1.29, 1.82) is 0 Å². The summed E-state index contributed by atoms with van der Waals surface area (Å²) in [6, 6.07) is 4.34. The Morgan fingerprint density at radius 2 is 2.33 bits per heavy atom. The van der Waals surface area contributed by atoms with Crippen LogP contribution in [0.5, 0.6) is 0 Å². The lowest BCUT2D eigenvalue weighted by Crippen LogP contribution is -2.31.